The molecule has 1 atom stereocenters. The fourth-order valence-corrected chi connectivity index (χ4v) is 2.35. The van der Waals surface area contributed by atoms with Crippen molar-refractivity contribution in [2.24, 2.45) is 5.73 Å². The zero-order valence-electron chi connectivity index (χ0n) is 12.5. The maximum Gasteiger partial charge on any atom is 0.119 e. The Labute approximate surface area is 126 Å². The first-order chi connectivity index (χ1) is 10.2. The fraction of sp³-hybridized carbons (Fsp3) is 0.333. The van der Waals surface area contributed by atoms with Crippen molar-refractivity contribution in [3.8, 4) is 11.5 Å². The summed E-state index contributed by atoms with van der Waals surface area (Å²) in [5, 5.41) is 9.37. The lowest BCUT2D eigenvalue weighted by atomic mass is 9.92. The Morgan fingerprint density at radius 1 is 1.14 bits per heavy atom. The van der Waals surface area contributed by atoms with Gasteiger partial charge in [-0.25, -0.2) is 0 Å². The van der Waals surface area contributed by atoms with E-state index in [4.69, 9.17) is 10.5 Å². The van der Waals surface area contributed by atoms with Crippen LogP contribution >= 0.6 is 0 Å². The molecule has 0 amide bonds. The molecular formula is C18H23NO2. The predicted molar refractivity (Wildman–Crippen MR) is 85.8 cm³/mol. The maximum absolute atomic E-state index is 9.37. The normalized spacial score (nSPS) is 12.1. The van der Waals surface area contributed by atoms with Crippen molar-refractivity contribution in [2.75, 3.05) is 13.2 Å². The zero-order chi connectivity index (χ0) is 15.1. The van der Waals surface area contributed by atoms with Crippen molar-refractivity contribution in [1.29, 1.82) is 0 Å². The Bertz CT molecular complexity index is 551. The molecule has 0 fully saturated rings. The summed E-state index contributed by atoms with van der Waals surface area (Å²) in [7, 11) is 0. The number of aromatic hydroxyl groups is 1. The molecule has 0 saturated heterocycles. The van der Waals surface area contributed by atoms with E-state index >= 15 is 0 Å². The van der Waals surface area contributed by atoms with Crippen molar-refractivity contribution in [1.82, 2.24) is 0 Å². The average molecular weight is 285 g/mol. The van der Waals surface area contributed by atoms with Crippen molar-refractivity contribution in [3.63, 3.8) is 0 Å². The lowest BCUT2D eigenvalue weighted by Gasteiger charge is -2.16. The highest BCUT2D eigenvalue weighted by Crippen LogP contribution is 2.24. The molecule has 3 heteroatoms. The monoisotopic (exact) mass is 285 g/mol. The van der Waals surface area contributed by atoms with Crippen LogP contribution in [0.4, 0.5) is 0 Å². The van der Waals surface area contributed by atoms with Crippen LogP contribution in [0.2, 0.25) is 0 Å². The molecular weight excluding hydrogens is 262 g/mol. The van der Waals surface area contributed by atoms with Gasteiger partial charge in [0.1, 0.15) is 11.5 Å². The maximum atomic E-state index is 9.37. The molecule has 0 spiro atoms. The van der Waals surface area contributed by atoms with Gasteiger partial charge in [-0.1, -0.05) is 31.2 Å². The number of phenolic OH excluding ortho intramolecular Hbond substituents is 1. The largest absolute Gasteiger partial charge is 0.508 e. The summed E-state index contributed by atoms with van der Waals surface area (Å²) < 4.78 is 5.67. The van der Waals surface area contributed by atoms with Gasteiger partial charge in [0.2, 0.25) is 0 Å². The van der Waals surface area contributed by atoms with Gasteiger partial charge in [0.05, 0.1) is 6.61 Å². The van der Waals surface area contributed by atoms with E-state index in [2.05, 4.69) is 19.1 Å². The van der Waals surface area contributed by atoms with Gasteiger partial charge in [-0.15, -0.1) is 0 Å². The Balaban J connectivity index is 2.09. The predicted octanol–water partition coefficient (Wildman–Crippen LogP) is 3.47. The van der Waals surface area contributed by atoms with Gasteiger partial charge in [0.15, 0.2) is 0 Å². The molecule has 2 aromatic carbocycles. The number of phenols is 1. The SMILES string of the molecule is CCCOc1cccc(CC(CN)c2ccc(O)cc2)c1. The van der Waals surface area contributed by atoms with E-state index in [0.29, 0.717) is 6.54 Å². The third-order valence-electron chi connectivity index (χ3n) is 3.50. The van der Waals surface area contributed by atoms with E-state index in [1.54, 1.807) is 12.1 Å². The second-order valence-corrected chi connectivity index (χ2v) is 5.22. The first-order valence-corrected chi connectivity index (χ1v) is 7.43. The number of rotatable bonds is 7. The number of nitrogens with two attached hydrogens (primary N) is 1. The van der Waals surface area contributed by atoms with Crippen LogP contribution in [0.25, 0.3) is 0 Å². The molecule has 2 aromatic rings. The molecule has 0 aliphatic carbocycles. The summed E-state index contributed by atoms with van der Waals surface area (Å²) >= 11 is 0. The highest BCUT2D eigenvalue weighted by atomic mass is 16.5. The average Bonchev–Trinajstić information content (AvgIpc) is 2.52. The fourth-order valence-electron chi connectivity index (χ4n) is 2.35. The van der Waals surface area contributed by atoms with Crippen LogP contribution in [0.3, 0.4) is 0 Å². The molecule has 0 radical (unpaired) electrons. The number of ether oxygens (including phenoxy) is 1. The van der Waals surface area contributed by atoms with Crippen LogP contribution in [0.1, 0.15) is 30.4 Å². The summed E-state index contributed by atoms with van der Waals surface area (Å²) in [5.41, 5.74) is 8.28. The van der Waals surface area contributed by atoms with Crippen LogP contribution < -0.4 is 10.5 Å². The van der Waals surface area contributed by atoms with Crippen molar-refractivity contribution >= 4 is 0 Å². The minimum atomic E-state index is 0.243. The summed E-state index contributed by atoms with van der Waals surface area (Å²) in [6, 6.07) is 15.5. The van der Waals surface area contributed by atoms with Crippen molar-refractivity contribution < 1.29 is 9.84 Å². The van der Waals surface area contributed by atoms with Crippen LogP contribution in [-0.2, 0) is 6.42 Å². The molecule has 0 aromatic heterocycles. The molecule has 1 unspecified atom stereocenters. The molecule has 0 saturated carbocycles. The van der Waals surface area contributed by atoms with E-state index in [1.807, 2.05) is 24.3 Å². The highest BCUT2D eigenvalue weighted by Gasteiger charge is 2.11. The Morgan fingerprint density at radius 2 is 1.90 bits per heavy atom. The minimum Gasteiger partial charge on any atom is -0.508 e. The number of benzene rings is 2. The first kappa shape index (κ1) is 15.4. The van der Waals surface area contributed by atoms with Gasteiger partial charge in [-0.2, -0.15) is 0 Å². The van der Waals surface area contributed by atoms with Gasteiger partial charge in [-0.3, -0.25) is 0 Å². The van der Waals surface area contributed by atoms with Crippen LogP contribution in [-0.4, -0.2) is 18.3 Å². The minimum absolute atomic E-state index is 0.243. The standard InChI is InChI=1S/C18H23NO2/c1-2-10-21-18-5-3-4-14(12-18)11-16(13-19)15-6-8-17(20)9-7-15/h3-9,12,16,20H,2,10-11,13,19H2,1H3. The topological polar surface area (TPSA) is 55.5 Å². The lowest BCUT2D eigenvalue weighted by Crippen LogP contribution is -2.15. The second-order valence-electron chi connectivity index (χ2n) is 5.22. The lowest BCUT2D eigenvalue weighted by molar-refractivity contribution is 0.317. The number of hydrogen-bond donors (Lipinski definition) is 2. The summed E-state index contributed by atoms with van der Waals surface area (Å²) in [4.78, 5) is 0. The summed E-state index contributed by atoms with van der Waals surface area (Å²) in [5.74, 6) is 1.44. The summed E-state index contributed by atoms with van der Waals surface area (Å²) in [6.45, 7) is 3.41. The van der Waals surface area contributed by atoms with Gasteiger partial charge < -0.3 is 15.6 Å². The Hall–Kier alpha value is -2.00. The van der Waals surface area contributed by atoms with E-state index < -0.39 is 0 Å². The zero-order valence-corrected chi connectivity index (χ0v) is 12.5. The molecule has 0 aliphatic rings. The number of hydrogen-bond acceptors (Lipinski definition) is 3. The Kier molecular flexibility index (Phi) is 5.64. The van der Waals surface area contributed by atoms with Gasteiger partial charge >= 0.3 is 0 Å². The van der Waals surface area contributed by atoms with E-state index in [9.17, 15) is 5.11 Å². The van der Waals surface area contributed by atoms with E-state index in [-0.39, 0.29) is 11.7 Å². The third-order valence-corrected chi connectivity index (χ3v) is 3.50. The second kappa shape index (κ2) is 7.70. The first-order valence-electron chi connectivity index (χ1n) is 7.43. The van der Waals surface area contributed by atoms with E-state index in [0.717, 1.165) is 30.8 Å². The summed E-state index contributed by atoms with van der Waals surface area (Å²) in [6.07, 6.45) is 1.87. The molecule has 3 nitrogen and oxygen atoms in total. The van der Waals surface area contributed by atoms with Gasteiger partial charge in [0.25, 0.3) is 0 Å². The highest BCUT2D eigenvalue weighted by molar-refractivity contribution is 5.33. The van der Waals surface area contributed by atoms with Crippen LogP contribution in [0, 0.1) is 0 Å². The third kappa shape index (κ3) is 4.50. The van der Waals surface area contributed by atoms with Crippen LogP contribution in [0.15, 0.2) is 48.5 Å². The molecule has 0 heterocycles. The molecule has 112 valence electrons. The molecule has 0 aliphatic heterocycles. The smallest absolute Gasteiger partial charge is 0.119 e. The van der Waals surface area contributed by atoms with Crippen LogP contribution in [0.5, 0.6) is 11.5 Å². The van der Waals surface area contributed by atoms with E-state index in [1.165, 1.54) is 5.56 Å². The molecule has 2 rings (SSSR count). The van der Waals surface area contributed by atoms with Gasteiger partial charge in [-0.05, 0) is 54.8 Å². The molecule has 21 heavy (non-hydrogen) atoms. The molecule has 0 bridgehead atoms. The van der Waals surface area contributed by atoms with Gasteiger partial charge in [0, 0.05) is 5.92 Å². The quantitative estimate of drug-likeness (QED) is 0.819. The molecule has 3 N–H and O–H groups in total. The van der Waals surface area contributed by atoms with Crippen molar-refractivity contribution in [3.05, 3.63) is 59.7 Å². The Morgan fingerprint density at radius 3 is 2.57 bits per heavy atom. The van der Waals surface area contributed by atoms with Crippen molar-refractivity contribution in [2.45, 2.75) is 25.7 Å².